The molecule has 3 heteroatoms. The third kappa shape index (κ3) is 2.69. The standard InChI is InChI=1S/C12H18N2O/c1-13-8-10-9-14-7-6-12(10)15-11-4-2-3-5-11/h6-7,9,11,13H,2-5,8H2,1H3. The molecule has 0 spiro atoms. The van der Waals surface area contributed by atoms with E-state index in [9.17, 15) is 0 Å². The largest absolute Gasteiger partial charge is 0.490 e. The molecule has 0 amide bonds. The van der Waals surface area contributed by atoms with Crippen LogP contribution in [-0.2, 0) is 6.54 Å². The molecule has 1 fully saturated rings. The van der Waals surface area contributed by atoms with Gasteiger partial charge in [0.15, 0.2) is 0 Å². The fourth-order valence-corrected chi connectivity index (χ4v) is 2.04. The number of hydrogen-bond acceptors (Lipinski definition) is 3. The molecule has 0 aromatic carbocycles. The molecule has 15 heavy (non-hydrogen) atoms. The van der Waals surface area contributed by atoms with Gasteiger partial charge in [0.25, 0.3) is 0 Å². The summed E-state index contributed by atoms with van der Waals surface area (Å²) < 4.78 is 5.98. The fourth-order valence-electron chi connectivity index (χ4n) is 2.04. The average molecular weight is 206 g/mol. The monoisotopic (exact) mass is 206 g/mol. The molecule has 1 aromatic rings. The highest BCUT2D eigenvalue weighted by Crippen LogP contribution is 2.25. The molecule has 1 heterocycles. The average Bonchev–Trinajstić information content (AvgIpc) is 2.74. The Labute approximate surface area is 90.9 Å². The maximum atomic E-state index is 5.98. The first-order chi connectivity index (χ1) is 7.40. The summed E-state index contributed by atoms with van der Waals surface area (Å²) in [5.74, 6) is 0.992. The van der Waals surface area contributed by atoms with Crippen LogP contribution in [0.25, 0.3) is 0 Å². The van der Waals surface area contributed by atoms with Gasteiger partial charge in [-0.1, -0.05) is 0 Å². The van der Waals surface area contributed by atoms with Crippen molar-refractivity contribution in [1.29, 1.82) is 0 Å². The zero-order chi connectivity index (χ0) is 10.5. The Bertz CT molecular complexity index is 308. The molecule has 82 valence electrons. The van der Waals surface area contributed by atoms with Gasteiger partial charge in [-0.05, 0) is 38.8 Å². The molecule has 1 saturated carbocycles. The summed E-state index contributed by atoms with van der Waals surface area (Å²) in [7, 11) is 1.94. The number of aromatic nitrogens is 1. The van der Waals surface area contributed by atoms with Gasteiger partial charge in [-0.15, -0.1) is 0 Å². The minimum absolute atomic E-state index is 0.419. The van der Waals surface area contributed by atoms with Gasteiger partial charge < -0.3 is 10.1 Å². The molecule has 3 nitrogen and oxygen atoms in total. The van der Waals surface area contributed by atoms with Crippen LogP contribution in [0.3, 0.4) is 0 Å². The van der Waals surface area contributed by atoms with E-state index in [1.165, 1.54) is 25.7 Å². The van der Waals surface area contributed by atoms with Gasteiger partial charge in [0.05, 0.1) is 6.10 Å². The fraction of sp³-hybridized carbons (Fsp3) is 0.583. The quantitative estimate of drug-likeness (QED) is 0.819. The molecule has 0 aliphatic heterocycles. The smallest absolute Gasteiger partial charge is 0.127 e. The first-order valence-electron chi connectivity index (χ1n) is 5.64. The molecule has 0 saturated heterocycles. The van der Waals surface area contributed by atoms with Crippen molar-refractivity contribution in [2.75, 3.05) is 7.05 Å². The zero-order valence-electron chi connectivity index (χ0n) is 9.20. The van der Waals surface area contributed by atoms with Crippen LogP contribution in [0.15, 0.2) is 18.5 Å². The van der Waals surface area contributed by atoms with E-state index in [-0.39, 0.29) is 0 Å². The van der Waals surface area contributed by atoms with Crippen LogP contribution in [0.2, 0.25) is 0 Å². The Kier molecular flexibility index (Phi) is 3.56. The molecule has 1 aliphatic carbocycles. The highest BCUT2D eigenvalue weighted by Gasteiger charge is 2.17. The minimum Gasteiger partial charge on any atom is -0.490 e. The van der Waals surface area contributed by atoms with Crippen molar-refractivity contribution in [3.05, 3.63) is 24.0 Å². The molecule has 1 aromatic heterocycles. The van der Waals surface area contributed by atoms with E-state index in [0.29, 0.717) is 6.10 Å². The van der Waals surface area contributed by atoms with Gasteiger partial charge in [-0.2, -0.15) is 0 Å². The molecule has 2 rings (SSSR count). The van der Waals surface area contributed by atoms with E-state index in [1.54, 1.807) is 6.20 Å². The van der Waals surface area contributed by atoms with E-state index >= 15 is 0 Å². The minimum atomic E-state index is 0.419. The van der Waals surface area contributed by atoms with E-state index in [1.807, 2.05) is 19.3 Å². The SMILES string of the molecule is CNCc1cnccc1OC1CCCC1. The van der Waals surface area contributed by atoms with Gasteiger partial charge in [-0.3, -0.25) is 4.98 Å². The summed E-state index contributed by atoms with van der Waals surface area (Å²) in [6.07, 6.45) is 9.09. The number of pyridine rings is 1. The molecule has 0 unspecified atom stereocenters. The van der Waals surface area contributed by atoms with Gasteiger partial charge in [0.2, 0.25) is 0 Å². The number of ether oxygens (including phenoxy) is 1. The topological polar surface area (TPSA) is 34.2 Å². The van der Waals surface area contributed by atoms with Crippen LogP contribution in [0, 0.1) is 0 Å². The zero-order valence-corrected chi connectivity index (χ0v) is 9.20. The van der Waals surface area contributed by atoms with Crippen LogP contribution in [0.5, 0.6) is 5.75 Å². The highest BCUT2D eigenvalue weighted by molar-refractivity contribution is 5.30. The van der Waals surface area contributed by atoms with Gasteiger partial charge >= 0.3 is 0 Å². The van der Waals surface area contributed by atoms with E-state index in [4.69, 9.17) is 4.74 Å². The van der Waals surface area contributed by atoms with Crippen molar-refractivity contribution >= 4 is 0 Å². The summed E-state index contributed by atoms with van der Waals surface area (Å²) in [6.45, 7) is 0.815. The van der Waals surface area contributed by atoms with Gasteiger partial charge in [-0.25, -0.2) is 0 Å². The lowest BCUT2D eigenvalue weighted by molar-refractivity contribution is 0.207. The van der Waals surface area contributed by atoms with Gasteiger partial charge in [0.1, 0.15) is 5.75 Å². The molecular weight excluding hydrogens is 188 g/mol. The van der Waals surface area contributed by atoms with Crippen LogP contribution < -0.4 is 10.1 Å². The maximum absolute atomic E-state index is 5.98. The maximum Gasteiger partial charge on any atom is 0.127 e. The Morgan fingerprint density at radius 2 is 2.27 bits per heavy atom. The Hall–Kier alpha value is -1.09. The summed E-state index contributed by atoms with van der Waals surface area (Å²) >= 11 is 0. The summed E-state index contributed by atoms with van der Waals surface area (Å²) in [4.78, 5) is 4.12. The summed E-state index contributed by atoms with van der Waals surface area (Å²) in [5, 5.41) is 3.13. The predicted octanol–water partition coefficient (Wildman–Crippen LogP) is 2.12. The molecular formula is C12H18N2O. The molecule has 0 radical (unpaired) electrons. The second-order valence-electron chi connectivity index (χ2n) is 4.04. The van der Waals surface area contributed by atoms with Gasteiger partial charge in [0, 0.05) is 24.5 Å². The van der Waals surface area contributed by atoms with Crippen LogP contribution in [0.4, 0.5) is 0 Å². The lowest BCUT2D eigenvalue weighted by Gasteiger charge is -2.15. The Balaban J connectivity index is 2.05. The predicted molar refractivity (Wildman–Crippen MR) is 59.9 cm³/mol. The second kappa shape index (κ2) is 5.12. The van der Waals surface area contributed by atoms with Crippen molar-refractivity contribution in [3.63, 3.8) is 0 Å². The molecule has 1 N–H and O–H groups in total. The van der Waals surface area contributed by atoms with Crippen molar-refractivity contribution in [2.24, 2.45) is 0 Å². The lowest BCUT2D eigenvalue weighted by atomic mass is 10.2. The van der Waals surface area contributed by atoms with Crippen LogP contribution >= 0.6 is 0 Å². The number of rotatable bonds is 4. The number of hydrogen-bond donors (Lipinski definition) is 1. The third-order valence-electron chi connectivity index (χ3n) is 2.82. The highest BCUT2D eigenvalue weighted by atomic mass is 16.5. The first-order valence-corrected chi connectivity index (χ1v) is 5.64. The van der Waals surface area contributed by atoms with E-state index < -0.39 is 0 Å². The van der Waals surface area contributed by atoms with E-state index in [0.717, 1.165) is 17.9 Å². The van der Waals surface area contributed by atoms with Crippen molar-refractivity contribution in [2.45, 2.75) is 38.3 Å². The van der Waals surface area contributed by atoms with Crippen LogP contribution in [-0.4, -0.2) is 18.1 Å². The second-order valence-corrected chi connectivity index (χ2v) is 4.04. The third-order valence-corrected chi connectivity index (χ3v) is 2.82. The Morgan fingerprint density at radius 1 is 1.47 bits per heavy atom. The van der Waals surface area contributed by atoms with Crippen LogP contribution in [0.1, 0.15) is 31.2 Å². The summed E-state index contributed by atoms with van der Waals surface area (Å²) in [6, 6.07) is 1.96. The van der Waals surface area contributed by atoms with Crippen molar-refractivity contribution in [1.82, 2.24) is 10.3 Å². The molecule has 0 bridgehead atoms. The number of nitrogens with one attached hydrogen (secondary N) is 1. The van der Waals surface area contributed by atoms with Crippen molar-refractivity contribution < 1.29 is 4.74 Å². The molecule has 0 atom stereocenters. The normalized spacial score (nSPS) is 16.9. The first kappa shape index (κ1) is 10.4. The van der Waals surface area contributed by atoms with E-state index in [2.05, 4.69) is 10.3 Å². The Morgan fingerprint density at radius 3 is 3.00 bits per heavy atom. The summed E-state index contributed by atoms with van der Waals surface area (Å²) in [5.41, 5.74) is 1.15. The van der Waals surface area contributed by atoms with Crippen molar-refractivity contribution in [3.8, 4) is 5.75 Å². The number of nitrogens with zero attached hydrogens (tertiary/aromatic N) is 1. The molecule has 1 aliphatic rings. The lowest BCUT2D eigenvalue weighted by Crippen LogP contribution is -2.14.